The number of unbranched alkanes of at least 4 members (excludes halogenated alkanes) is 15. The third-order valence-electron chi connectivity index (χ3n) is 6.87. The number of rotatable bonds is 22. The van der Waals surface area contributed by atoms with Crippen LogP contribution in [0.25, 0.3) is 0 Å². The fraction of sp³-hybridized carbons (Fsp3) is 0.931. The molecule has 0 saturated heterocycles. The normalized spacial score (nSPS) is 14.3. The van der Waals surface area contributed by atoms with Crippen molar-refractivity contribution in [2.24, 2.45) is 0 Å². The van der Waals surface area contributed by atoms with Crippen molar-refractivity contribution in [2.75, 3.05) is 6.61 Å². The number of esters is 2. The molecule has 33 heavy (non-hydrogen) atoms. The second-order valence-corrected chi connectivity index (χ2v) is 10.1. The first-order valence-electron chi connectivity index (χ1n) is 14.6. The van der Waals surface area contributed by atoms with Crippen LogP contribution in [0.5, 0.6) is 0 Å². The Kier molecular flexibility index (Phi) is 20.6. The zero-order chi connectivity index (χ0) is 23.8. The molecule has 1 rings (SSSR count). The van der Waals surface area contributed by atoms with E-state index in [1.165, 1.54) is 103 Å². The van der Waals surface area contributed by atoms with Gasteiger partial charge in [0.1, 0.15) is 6.10 Å². The number of ether oxygens (including phenoxy) is 2. The van der Waals surface area contributed by atoms with Crippen molar-refractivity contribution in [3.05, 3.63) is 0 Å². The van der Waals surface area contributed by atoms with Gasteiger partial charge in [-0.25, -0.2) is 0 Å². The van der Waals surface area contributed by atoms with Crippen molar-refractivity contribution < 1.29 is 19.1 Å². The molecule has 0 radical (unpaired) electrons. The van der Waals surface area contributed by atoms with Crippen LogP contribution in [0.2, 0.25) is 0 Å². The number of carbonyl (C=O) groups excluding carboxylic acids is 2. The molecule has 0 bridgehead atoms. The van der Waals surface area contributed by atoms with E-state index in [4.69, 9.17) is 9.47 Å². The SMILES string of the molecule is CCCCCCCCCCCCCCCCCOC(=O)CCCCC(=O)OC1CCCCC1. The maximum atomic E-state index is 11.9. The summed E-state index contributed by atoms with van der Waals surface area (Å²) in [6.45, 7) is 2.82. The predicted molar refractivity (Wildman–Crippen MR) is 137 cm³/mol. The first-order valence-corrected chi connectivity index (χ1v) is 14.6. The van der Waals surface area contributed by atoms with Gasteiger partial charge in [-0.1, -0.05) is 103 Å². The Balaban J connectivity index is 1.75. The van der Waals surface area contributed by atoms with E-state index in [1.54, 1.807) is 0 Å². The van der Waals surface area contributed by atoms with E-state index in [1.807, 2.05) is 0 Å². The minimum absolute atomic E-state index is 0.104. The molecule has 0 heterocycles. The van der Waals surface area contributed by atoms with Crippen LogP contribution < -0.4 is 0 Å². The van der Waals surface area contributed by atoms with E-state index >= 15 is 0 Å². The molecule has 0 amide bonds. The molecule has 1 fully saturated rings. The van der Waals surface area contributed by atoms with Gasteiger partial charge < -0.3 is 9.47 Å². The molecular weight excluding hydrogens is 412 g/mol. The summed E-state index contributed by atoms with van der Waals surface area (Å²) < 4.78 is 10.8. The fourth-order valence-corrected chi connectivity index (χ4v) is 4.70. The molecule has 0 aromatic rings. The maximum Gasteiger partial charge on any atom is 0.306 e. The molecule has 0 aliphatic heterocycles. The van der Waals surface area contributed by atoms with Gasteiger partial charge >= 0.3 is 11.9 Å². The molecular formula is C29H54O4. The summed E-state index contributed by atoms with van der Waals surface area (Å²) in [5.74, 6) is -0.228. The quantitative estimate of drug-likeness (QED) is 0.118. The highest BCUT2D eigenvalue weighted by molar-refractivity contribution is 5.70. The van der Waals surface area contributed by atoms with Crippen LogP contribution in [-0.2, 0) is 19.1 Å². The van der Waals surface area contributed by atoms with E-state index < -0.39 is 0 Å². The maximum absolute atomic E-state index is 11.9. The van der Waals surface area contributed by atoms with E-state index in [0.717, 1.165) is 25.7 Å². The predicted octanol–water partition coefficient (Wildman–Crippen LogP) is 8.84. The molecule has 0 N–H and O–H groups in total. The fourth-order valence-electron chi connectivity index (χ4n) is 4.70. The minimum atomic E-state index is -0.124. The van der Waals surface area contributed by atoms with Crippen molar-refractivity contribution in [1.29, 1.82) is 0 Å². The Morgan fingerprint density at radius 2 is 1.03 bits per heavy atom. The number of hydrogen-bond acceptors (Lipinski definition) is 4. The first kappa shape index (κ1) is 30.0. The number of hydrogen-bond donors (Lipinski definition) is 0. The van der Waals surface area contributed by atoms with Crippen molar-refractivity contribution in [1.82, 2.24) is 0 Å². The van der Waals surface area contributed by atoms with Crippen LogP contribution in [0.15, 0.2) is 0 Å². The minimum Gasteiger partial charge on any atom is -0.466 e. The van der Waals surface area contributed by atoms with E-state index in [-0.39, 0.29) is 18.0 Å². The topological polar surface area (TPSA) is 52.6 Å². The molecule has 4 nitrogen and oxygen atoms in total. The largest absolute Gasteiger partial charge is 0.466 e. The summed E-state index contributed by atoms with van der Waals surface area (Å²) in [6.07, 6.45) is 28.1. The lowest BCUT2D eigenvalue weighted by Gasteiger charge is -2.21. The second-order valence-electron chi connectivity index (χ2n) is 10.1. The van der Waals surface area contributed by atoms with Crippen LogP contribution >= 0.6 is 0 Å². The summed E-state index contributed by atoms with van der Waals surface area (Å²) in [7, 11) is 0. The van der Waals surface area contributed by atoms with Crippen molar-refractivity contribution >= 4 is 11.9 Å². The molecule has 0 aromatic carbocycles. The highest BCUT2D eigenvalue weighted by Crippen LogP contribution is 2.21. The lowest BCUT2D eigenvalue weighted by atomic mass is 9.98. The summed E-state index contributed by atoms with van der Waals surface area (Å²) in [5, 5.41) is 0. The van der Waals surface area contributed by atoms with Crippen LogP contribution in [0, 0.1) is 0 Å². The molecule has 4 heteroatoms. The van der Waals surface area contributed by atoms with E-state index in [0.29, 0.717) is 32.3 Å². The Hall–Kier alpha value is -1.06. The van der Waals surface area contributed by atoms with Gasteiger partial charge in [0, 0.05) is 12.8 Å². The summed E-state index contributed by atoms with van der Waals surface area (Å²) in [4.78, 5) is 23.7. The monoisotopic (exact) mass is 466 g/mol. The molecule has 194 valence electrons. The molecule has 0 atom stereocenters. The third kappa shape index (κ3) is 20.1. The highest BCUT2D eigenvalue weighted by Gasteiger charge is 2.17. The van der Waals surface area contributed by atoms with Gasteiger partial charge in [0.25, 0.3) is 0 Å². The third-order valence-corrected chi connectivity index (χ3v) is 6.87. The van der Waals surface area contributed by atoms with E-state index in [2.05, 4.69) is 6.92 Å². The van der Waals surface area contributed by atoms with Crippen LogP contribution in [0.4, 0.5) is 0 Å². The lowest BCUT2D eigenvalue weighted by molar-refractivity contribution is -0.151. The summed E-state index contributed by atoms with van der Waals surface area (Å²) in [6, 6.07) is 0. The van der Waals surface area contributed by atoms with Gasteiger partial charge in [-0.2, -0.15) is 0 Å². The standard InChI is InChI=1S/C29H54O4/c1-2-3-4-5-6-7-8-9-10-11-12-13-14-15-21-26-32-28(30)24-19-20-25-29(31)33-27-22-17-16-18-23-27/h27H,2-26H2,1H3. The average molecular weight is 467 g/mol. The lowest BCUT2D eigenvalue weighted by Crippen LogP contribution is -2.20. The Labute approximate surface area is 205 Å². The van der Waals surface area contributed by atoms with Crippen molar-refractivity contribution in [2.45, 2.75) is 167 Å². The average Bonchev–Trinajstić information content (AvgIpc) is 2.82. The molecule has 1 aliphatic rings. The van der Waals surface area contributed by atoms with Crippen molar-refractivity contribution in [3.8, 4) is 0 Å². The van der Waals surface area contributed by atoms with Gasteiger partial charge in [-0.05, 0) is 44.9 Å². The summed E-state index contributed by atoms with van der Waals surface area (Å²) in [5.41, 5.74) is 0. The molecule has 0 aromatic heterocycles. The highest BCUT2D eigenvalue weighted by atomic mass is 16.5. The smallest absolute Gasteiger partial charge is 0.306 e. The Bertz CT molecular complexity index is 457. The summed E-state index contributed by atoms with van der Waals surface area (Å²) >= 11 is 0. The van der Waals surface area contributed by atoms with Gasteiger partial charge in [0.2, 0.25) is 0 Å². The Morgan fingerprint density at radius 3 is 1.55 bits per heavy atom. The van der Waals surface area contributed by atoms with Gasteiger partial charge in [-0.15, -0.1) is 0 Å². The second kappa shape index (κ2) is 22.7. The Morgan fingerprint density at radius 1 is 0.576 bits per heavy atom. The van der Waals surface area contributed by atoms with Gasteiger partial charge in [0.05, 0.1) is 6.61 Å². The first-order chi connectivity index (χ1) is 16.2. The van der Waals surface area contributed by atoms with E-state index in [9.17, 15) is 9.59 Å². The van der Waals surface area contributed by atoms with Gasteiger partial charge in [0.15, 0.2) is 0 Å². The number of carbonyl (C=O) groups is 2. The van der Waals surface area contributed by atoms with Gasteiger partial charge in [-0.3, -0.25) is 9.59 Å². The zero-order valence-electron chi connectivity index (χ0n) is 21.9. The van der Waals surface area contributed by atoms with Crippen molar-refractivity contribution in [3.63, 3.8) is 0 Å². The van der Waals surface area contributed by atoms with Crippen LogP contribution in [-0.4, -0.2) is 24.6 Å². The molecule has 1 aliphatic carbocycles. The zero-order valence-corrected chi connectivity index (χ0v) is 21.9. The molecule has 0 spiro atoms. The molecule has 1 saturated carbocycles. The molecule has 0 unspecified atom stereocenters. The van der Waals surface area contributed by atoms with Crippen LogP contribution in [0.1, 0.15) is 161 Å². The van der Waals surface area contributed by atoms with Crippen LogP contribution in [0.3, 0.4) is 0 Å².